The number of nitrogens with zero attached hydrogens (tertiary/aromatic N) is 6. The van der Waals surface area contributed by atoms with Crippen molar-refractivity contribution in [3.05, 3.63) is 48.3 Å². The molecule has 0 saturated carbocycles. The Hall–Kier alpha value is -3.55. The van der Waals surface area contributed by atoms with Crippen molar-refractivity contribution in [1.82, 2.24) is 28.9 Å². The fourth-order valence-corrected chi connectivity index (χ4v) is 11.5. The maximum atomic E-state index is 13.4. The predicted octanol–water partition coefficient (Wildman–Crippen LogP) is 12.6. The van der Waals surface area contributed by atoms with E-state index >= 15 is 0 Å². The van der Waals surface area contributed by atoms with Crippen LogP contribution < -0.4 is 0 Å². The molecule has 2 fully saturated rings. The van der Waals surface area contributed by atoms with Gasteiger partial charge in [-0.1, -0.05) is 39.3 Å². The van der Waals surface area contributed by atoms with Gasteiger partial charge >= 0.3 is 12.2 Å². The number of rotatable bonds is 14. The zero-order chi connectivity index (χ0) is 44.8. The Balaban J connectivity index is 1.17. The third-order valence-corrected chi connectivity index (χ3v) is 16.7. The van der Waals surface area contributed by atoms with Crippen molar-refractivity contribution in [2.75, 3.05) is 26.3 Å². The molecule has 0 N–H and O–H groups in total. The number of fused-ring (bicyclic) bond motifs is 2. The van der Waals surface area contributed by atoms with Crippen molar-refractivity contribution in [2.45, 2.75) is 155 Å². The maximum absolute atomic E-state index is 13.4. The predicted molar refractivity (Wildman–Crippen MR) is 258 cm³/mol. The Kier molecular flexibility index (Phi) is 13.6. The smallest absolute Gasteiger partial charge is 0.410 e. The largest absolute Gasteiger partial charge is 0.444 e. The first-order valence-corrected chi connectivity index (χ1v) is 31.3. The summed E-state index contributed by atoms with van der Waals surface area (Å²) in [6.07, 6.45) is 7.02. The molecule has 2 saturated heterocycles. The topological polar surface area (TPSA) is 113 Å². The molecule has 338 valence electrons. The van der Waals surface area contributed by atoms with Crippen molar-refractivity contribution in [3.8, 4) is 21.1 Å². The average Bonchev–Trinajstić information content (AvgIpc) is 3.98. The summed E-state index contributed by atoms with van der Waals surface area (Å²) in [5, 5.41) is 2.32. The summed E-state index contributed by atoms with van der Waals surface area (Å²) in [6, 6.07) is 10.8. The zero-order valence-electron chi connectivity index (χ0n) is 39.1. The van der Waals surface area contributed by atoms with E-state index in [0.29, 0.717) is 39.8 Å². The Morgan fingerprint density at radius 3 is 1.39 bits per heavy atom. The van der Waals surface area contributed by atoms with Crippen LogP contribution >= 0.6 is 22.7 Å². The monoisotopic (exact) mass is 920 g/mol. The quantitative estimate of drug-likeness (QED) is 0.0799. The van der Waals surface area contributed by atoms with Gasteiger partial charge in [0, 0.05) is 64.2 Å². The van der Waals surface area contributed by atoms with E-state index in [9.17, 15) is 9.59 Å². The van der Waals surface area contributed by atoms with Gasteiger partial charge in [0.15, 0.2) is 0 Å². The number of hydrogen-bond donors (Lipinski definition) is 0. The van der Waals surface area contributed by atoms with E-state index in [1.54, 1.807) is 22.7 Å². The van der Waals surface area contributed by atoms with Crippen molar-refractivity contribution in [1.29, 1.82) is 0 Å². The normalized spacial score (nSPS) is 17.9. The van der Waals surface area contributed by atoms with Gasteiger partial charge in [-0.05, 0) is 114 Å². The van der Waals surface area contributed by atoms with Crippen LogP contribution in [0.3, 0.4) is 0 Å². The second kappa shape index (κ2) is 18.1. The van der Waals surface area contributed by atoms with Crippen LogP contribution in [-0.4, -0.2) is 94.7 Å². The number of amides is 2. The van der Waals surface area contributed by atoms with E-state index in [1.807, 2.05) is 51.3 Å². The standard InChI is InChI=1S/C46H68N6O6S2Si2/c1-45(2,3)57-43(53)51-17-13-15-35(51)41-47-33(27-49(41)29-55-19-21-61(7,8)9)39-25-31-23-38-32(24-37(31)59-39)26-40(60-38)34-28-50(30-56-20-22-62(10,11)12)42(48-34)36-16-14-18-52(36)44(54)58-46(4,5)6/h23-28,35-36H,13-22,29-30H2,1-12H3. The Morgan fingerprint density at radius 1 is 0.645 bits per heavy atom. The molecular weight excluding hydrogens is 853 g/mol. The molecular formula is C46H68N6O6S2Si2. The van der Waals surface area contributed by atoms with Crippen LogP contribution in [0.4, 0.5) is 9.59 Å². The fourth-order valence-electron chi connectivity index (χ4n) is 7.89. The van der Waals surface area contributed by atoms with Gasteiger partial charge in [0.05, 0.1) is 33.2 Å². The lowest BCUT2D eigenvalue weighted by atomic mass is 10.2. The third kappa shape index (κ3) is 11.6. The minimum Gasteiger partial charge on any atom is -0.444 e. The lowest BCUT2D eigenvalue weighted by Gasteiger charge is -2.28. The summed E-state index contributed by atoms with van der Waals surface area (Å²) in [5.41, 5.74) is 0.604. The van der Waals surface area contributed by atoms with Gasteiger partial charge < -0.3 is 28.1 Å². The van der Waals surface area contributed by atoms with E-state index in [4.69, 9.17) is 28.9 Å². The summed E-state index contributed by atoms with van der Waals surface area (Å²) in [4.78, 5) is 43.1. The second-order valence-electron chi connectivity index (χ2n) is 21.4. The summed E-state index contributed by atoms with van der Waals surface area (Å²) >= 11 is 3.46. The molecule has 2 unspecified atom stereocenters. The number of benzene rings is 1. The number of imidazole rings is 2. The van der Waals surface area contributed by atoms with Crippen molar-refractivity contribution < 1.29 is 28.5 Å². The molecule has 6 heterocycles. The molecule has 0 aliphatic carbocycles. The van der Waals surface area contributed by atoms with Crippen LogP contribution in [0.5, 0.6) is 0 Å². The summed E-state index contributed by atoms with van der Waals surface area (Å²) in [5.74, 6) is 1.68. The highest BCUT2D eigenvalue weighted by molar-refractivity contribution is 7.23. The molecule has 1 aromatic carbocycles. The van der Waals surface area contributed by atoms with Gasteiger partial charge in [0.1, 0.15) is 36.3 Å². The highest BCUT2D eigenvalue weighted by atomic mass is 32.1. The Morgan fingerprint density at radius 2 is 1.03 bits per heavy atom. The Labute approximate surface area is 377 Å². The number of carbonyl (C=O) groups is 2. The first-order valence-electron chi connectivity index (χ1n) is 22.3. The minimum absolute atomic E-state index is 0.188. The van der Waals surface area contributed by atoms with Gasteiger partial charge in [0.2, 0.25) is 0 Å². The summed E-state index contributed by atoms with van der Waals surface area (Å²) in [6.45, 7) is 29.0. The van der Waals surface area contributed by atoms with Crippen molar-refractivity contribution in [2.24, 2.45) is 0 Å². The molecule has 0 spiro atoms. The van der Waals surface area contributed by atoms with Gasteiger partial charge in [-0.2, -0.15) is 0 Å². The molecule has 2 amide bonds. The molecule has 7 rings (SSSR count). The van der Waals surface area contributed by atoms with Gasteiger partial charge in [-0.3, -0.25) is 9.80 Å². The molecule has 0 radical (unpaired) electrons. The summed E-state index contributed by atoms with van der Waals surface area (Å²) in [7, 11) is -2.53. The molecule has 2 atom stereocenters. The van der Waals surface area contributed by atoms with Crippen LogP contribution in [0.1, 0.15) is 91.0 Å². The number of ether oxygens (including phenoxy) is 4. The van der Waals surface area contributed by atoms with E-state index in [1.165, 1.54) is 9.40 Å². The molecule has 4 aromatic heterocycles. The SMILES string of the molecule is CC(C)(C)OC(=O)N1CCCC1c1nc(-c2cc3cc4sc(-c5cn(COCC[Si](C)(C)C)c(C6CCCN6C(=O)OC(C)(C)C)n5)cc4cc3s2)cn1COCC[Si](C)(C)C. The van der Waals surface area contributed by atoms with E-state index < -0.39 is 27.3 Å². The molecule has 0 bridgehead atoms. The lowest BCUT2D eigenvalue weighted by molar-refractivity contribution is 0.0194. The van der Waals surface area contributed by atoms with Crippen LogP contribution in [0, 0.1) is 0 Å². The van der Waals surface area contributed by atoms with Crippen LogP contribution in [0.15, 0.2) is 36.7 Å². The van der Waals surface area contributed by atoms with Crippen LogP contribution in [0.25, 0.3) is 41.3 Å². The highest BCUT2D eigenvalue weighted by Gasteiger charge is 2.38. The molecule has 2 aliphatic rings. The minimum atomic E-state index is -1.26. The zero-order valence-corrected chi connectivity index (χ0v) is 42.7. The van der Waals surface area contributed by atoms with Gasteiger partial charge in [0.25, 0.3) is 0 Å². The number of likely N-dealkylation sites (tertiary alicyclic amines) is 2. The van der Waals surface area contributed by atoms with E-state index in [-0.39, 0.29) is 24.3 Å². The second-order valence-corrected chi connectivity index (χ2v) is 34.8. The average molecular weight is 921 g/mol. The molecule has 62 heavy (non-hydrogen) atoms. The molecule has 2 aliphatic heterocycles. The first-order chi connectivity index (χ1) is 29.0. The Bertz CT molecular complexity index is 2160. The van der Waals surface area contributed by atoms with Crippen LogP contribution in [-0.2, 0) is 32.4 Å². The number of hydrogen-bond acceptors (Lipinski definition) is 10. The van der Waals surface area contributed by atoms with Gasteiger partial charge in [-0.25, -0.2) is 19.6 Å². The molecule has 5 aromatic rings. The molecule has 16 heteroatoms. The van der Waals surface area contributed by atoms with E-state index in [0.717, 1.165) is 81.3 Å². The van der Waals surface area contributed by atoms with Crippen molar-refractivity contribution in [3.63, 3.8) is 0 Å². The molecule has 12 nitrogen and oxygen atoms in total. The van der Waals surface area contributed by atoms with Crippen LogP contribution in [0.2, 0.25) is 51.4 Å². The first kappa shape index (κ1) is 46.4. The maximum Gasteiger partial charge on any atom is 0.410 e. The number of thiophene rings is 2. The van der Waals surface area contributed by atoms with E-state index in [2.05, 4.69) is 85.1 Å². The van der Waals surface area contributed by atoms with Gasteiger partial charge in [-0.15, -0.1) is 22.7 Å². The highest BCUT2D eigenvalue weighted by Crippen LogP contribution is 2.42. The summed E-state index contributed by atoms with van der Waals surface area (Å²) < 4.78 is 30.8. The third-order valence-electron chi connectivity index (χ3n) is 11.1. The lowest BCUT2D eigenvalue weighted by Crippen LogP contribution is -2.37. The van der Waals surface area contributed by atoms with Crippen molar-refractivity contribution >= 4 is 71.2 Å². The number of aromatic nitrogens is 4. The fraction of sp³-hybridized carbons (Fsp3) is 0.609. The number of carbonyl (C=O) groups excluding carboxylic acids is 2.